The minimum absolute atomic E-state index is 0.228. The van der Waals surface area contributed by atoms with E-state index in [9.17, 15) is 9.90 Å². The molecule has 0 radical (unpaired) electrons. The average molecular weight is 393 g/mol. The Bertz CT molecular complexity index is 696. The SMILES string of the molecule is C[C@]1(NC(=O)c2cn(C3CCC(N)CC3)nn2)CC2(CCNCC2)OCC1O. The number of nitrogens with zero attached hydrogens (tertiary/aromatic N) is 3. The van der Waals surface area contributed by atoms with Gasteiger partial charge in [-0.3, -0.25) is 4.79 Å². The first kappa shape index (κ1) is 19.8. The maximum Gasteiger partial charge on any atom is 0.273 e. The van der Waals surface area contributed by atoms with Crippen LogP contribution in [-0.4, -0.2) is 69.0 Å². The summed E-state index contributed by atoms with van der Waals surface area (Å²) in [5.74, 6) is -0.300. The summed E-state index contributed by atoms with van der Waals surface area (Å²) < 4.78 is 7.80. The molecule has 2 aliphatic heterocycles. The van der Waals surface area contributed by atoms with Gasteiger partial charge in [0.25, 0.3) is 5.91 Å². The summed E-state index contributed by atoms with van der Waals surface area (Å²) in [6.07, 6.45) is 7.14. The second-order valence-electron chi connectivity index (χ2n) is 8.96. The molecule has 0 bridgehead atoms. The van der Waals surface area contributed by atoms with Crippen molar-refractivity contribution < 1.29 is 14.6 Å². The molecule has 4 rings (SSSR count). The number of aliphatic hydroxyl groups excluding tert-OH is 1. The first-order valence-electron chi connectivity index (χ1n) is 10.4. The van der Waals surface area contributed by atoms with Gasteiger partial charge in [-0.2, -0.15) is 0 Å². The Kier molecular flexibility index (Phi) is 5.43. The Balaban J connectivity index is 1.43. The van der Waals surface area contributed by atoms with Crippen molar-refractivity contribution in [2.45, 2.75) is 81.2 Å². The summed E-state index contributed by atoms with van der Waals surface area (Å²) in [4.78, 5) is 12.9. The minimum Gasteiger partial charge on any atom is -0.388 e. The quantitative estimate of drug-likeness (QED) is 0.575. The summed E-state index contributed by atoms with van der Waals surface area (Å²) >= 11 is 0. The predicted octanol–water partition coefficient (Wildman–Crippen LogP) is 0.112. The van der Waals surface area contributed by atoms with Crippen molar-refractivity contribution >= 4 is 5.91 Å². The lowest BCUT2D eigenvalue weighted by Gasteiger charge is -2.50. The van der Waals surface area contributed by atoms with Crippen molar-refractivity contribution in [3.05, 3.63) is 11.9 Å². The van der Waals surface area contributed by atoms with Crippen LogP contribution in [0.15, 0.2) is 6.20 Å². The Morgan fingerprint density at radius 1 is 1.36 bits per heavy atom. The van der Waals surface area contributed by atoms with Gasteiger partial charge in [-0.25, -0.2) is 4.68 Å². The molecule has 2 saturated heterocycles. The lowest BCUT2D eigenvalue weighted by molar-refractivity contribution is -0.169. The first-order chi connectivity index (χ1) is 13.4. The predicted molar refractivity (Wildman–Crippen MR) is 103 cm³/mol. The van der Waals surface area contributed by atoms with Gasteiger partial charge in [0.15, 0.2) is 5.69 Å². The highest BCUT2D eigenvalue weighted by Crippen LogP contribution is 2.38. The highest BCUT2D eigenvalue weighted by Gasteiger charge is 2.49. The molecule has 1 saturated carbocycles. The molecule has 3 heterocycles. The average Bonchev–Trinajstić information content (AvgIpc) is 3.17. The molecule has 9 heteroatoms. The van der Waals surface area contributed by atoms with E-state index < -0.39 is 11.6 Å². The molecule has 1 aliphatic carbocycles. The van der Waals surface area contributed by atoms with Gasteiger partial charge in [0, 0.05) is 12.5 Å². The zero-order valence-corrected chi connectivity index (χ0v) is 16.6. The standard InChI is InChI=1S/C19H32N6O3/c1-18(12-19(28-11-16(18)26)6-8-21-9-7-19)22-17(27)15-10-25(24-23-15)14-4-2-13(20)3-5-14/h10,13-14,16,21,26H,2-9,11-12,20H2,1H3,(H,22,27)/t13?,14?,16?,18-/m0/s1. The molecule has 1 unspecified atom stereocenters. The number of rotatable bonds is 3. The van der Waals surface area contributed by atoms with Crippen LogP contribution in [0.4, 0.5) is 0 Å². The number of amides is 1. The van der Waals surface area contributed by atoms with E-state index >= 15 is 0 Å². The third kappa shape index (κ3) is 3.94. The van der Waals surface area contributed by atoms with Gasteiger partial charge in [-0.05, 0) is 58.5 Å². The van der Waals surface area contributed by atoms with E-state index in [0.717, 1.165) is 51.6 Å². The third-order valence-corrected chi connectivity index (χ3v) is 6.74. The molecule has 0 aromatic carbocycles. The maximum atomic E-state index is 12.9. The van der Waals surface area contributed by atoms with Crippen LogP contribution in [0, 0.1) is 0 Å². The fourth-order valence-electron chi connectivity index (χ4n) is 4.86. The number of piperidine rings is 1. The third-order valence-electron chi connectivity index (χ3n) is 6.74. The van der Waals surface area contributed by atoms with Crippen molar-refractivity contribution in [2.75, 3.05) is 19.7 Å². The van der Waals surface area contributed by atoms with Gasteiger partial charge in [-0.1, -0.05) is 5.21 Å². The van der Waals surface area contributed by atoms with Crippen molar-refractivity contribution in [1.29, 1.82) is 0 Å². The summed E-state index contributed by atoms with van der Waals surface area (Å²) in [5.41, 5.74) is 5.22. The number of carbonyl (C=O) groups is 1. The van der Waals surface area contributed by atoms with Crippen LogP contribution in [-0.2, 0) is 4.74 Å². The van der Waals surface area contributed by atoms with E-state index in [-0.39, 0.29) is 35.9 Å². The van der Waals surface area contributed by atoms with Crippen LogP contribution in [0.1, 0.15) is 68.4 Å². The lowest BCUT2D eigenvalue weighted by atomic mass is 9.75. The van der Waals surface area contributed by atoms with Crippen LogP contribution in [0.25, 0.3) is 0 Å². The molecule has 2 atom stereocenters. The van der Waals surface area contributed by atoms with Gasteiger partial charge in [0.2, 0.25) is 0 Å². The summed E-state index contributed by atoms with van der Waals surface area (Å²) in [5, 5.41) is 25.2. The largest absolute Gasteiger partial charge is 0.388 e. The van der Waals surface area contributed by atoms with Gasteiger partial charge < -0.3 is 26.2 Å². The zero-order chi connectivity index (χ0) is 19.8. The molecule has 1 amide bonds. The number of hydrogen-bond donors (Lipinski definition) is 4. The minimum atomic E-state index is -0.758. The molecule has 3 aliphatic rings. The maximum absolute atomic E-state index is 12.9. The Labute approximate surface area is 165 Å². The van der Waals surface area contributed by atoms with E-state index in [0.29, 0.717) is 6.42 Å². The Hall–Kier alpha value is -1.55. The molecular weight excluding hydrogens is 360 g/mol. The van der Waals surface area contributed by atoms with Gasteiger partial charge in [0.05, 0.1) is 30.0 Å². The van der Waals surface area contributed by atoms with E-state index in [1.807, 2.05) is 6.92 Å². The number of aliphatic hydroxyl groups is 1. The van der Waals surface area contributed by atoms with E-state index in [2.05, 4.69) is 20.9 Å². The van der Waals surface area contributed by atoms with Crippen LogP contribution in [0.3, 0.4) is 0 Å². The molecule has 1 aromatic heterocycles. The number of aromatic nitrogens is 3. The molecule has 5 N–H and O–H groups in total. The van der Waals surface area contributed by atoms with Crippen LogP contribution >= 0.6 is 0 Å². The van der Waals surface area contributed by atoms with Gasteiger partial charge >= 0.3 is 0 Å². The molecule has 1 spiro atoms. The summed E-state index contributed by atoms with van der Waals surface area (Å²) in [6.45, 7) is 3.90. The topological polar surface area (TPSA) is 127 Å². The smallest absolute Gasteiger partial charge is 0.273 e. The second kappa shape index (κ2) is 7.70. The fraction of sp³-hybridized carbons (Fsp3) is 0.842. The van der Waals surface area contributed by atoms with Gasteiger partial charge in [0.1, 0.15) is 6.10 Å². The van der Waals surface area contributed by atoms with Crippen molar-refractivity contribution in [2.24, 2.45) is 5.73 Å². The molecule has 28 heavy (non-hydrogen) atoms. The Morgan fingerprint density at radius 3 is 2.79 bits per heavy atom. The Morgan fingerprint density at radius 2 is 2.07 bits per heavy atom. The molecule has 3 fully saturated rings. The molecule has 9 nitrogen and oxygen atoms in total. The van der Waals surface area contributed by atoms with Crippen molar-refractivity contribution in [3.8, 4) is 0 Å². The molecule has 1 aromatic rings. The number of carbonyl (C=O) groups excluding carboxylic acids is 1. The van der Waals surface area contributed by atoms with E-state index in [4.69, 9.17) is 10.5 Å². The van der Waals surface area contributed by atoms with Gasteiger partial charge in [-0.15, -0.1) is 5.10 Å². The van der Waals surface area contributed by atoms with Crippen molar-refractivity contribution in [1.82, 2.24) is 25.6 Å². The summed E-state index contributed by atoms with van der Waals surface area (Å²) in [6, 6.07) is 0.510. The highest BCUT2D eigenvalue weighted by molar-refractivity contribution is 5.92. The van der Waals surface area contributed by atoms with Crippen LogP contribution in [0.2, 0.25) is 0 Å². The lowest BCUT2D eigenvalue weighted by Crippen LogP contribution is -2.65. The molecular formula is C19H32N6O3. The van der Waals surface area contributed by atoms with E-state index in [1.54, 1.807) is 10.9 Å². The first-order valence-corrected chi connectivity index (χ1v) is 10.4. The normalized spacial score (nSPS) is 35.6. The second-order valence-corrected chi connectivity index (χ2v) is 8.96. The van der Waals surface area contributed by atoms with Crippen LogP contribution < -0.4 is 16.4 Å². The fourth-order valence-corrected chi connectivity index (χ4v) is 4.86. The molecule has 156 valence electrons. The summed E-state index contributed by atoms with van der Waals surface area (Å²) in [7, 11) is 0. The number of nitrogens with one attached hydrogen (secondary N) is 2. The van der Waals surface area contributed by atoms with Crippen LogP contribution in [0.5, 0.6) is 0 Å². The van der Waals surface area contributed by atoms with E-state index in [1.165, 1.54) is 0 Å². The number of ether oxygens (including phenoxy) is 1. The number of hydrogen-bond acceptors (Lipinski definition) is 7. The monoisotopic (exact) mass is 392 g/mol. The zero-order valence-electron chi connectivity index (χ0n) is 16.6. The highest BCUT2D eigenvalue weighted by atomic mass is 16.5. The number of nitrogens with two attached hydrogens (primary N) is 1. The van der Waals surface area contributed by atoms with Crippen molar-refractivity contribution in [3.63, 3.8) is 0 Å².